The monoisotopic (exact) mass is 411 g/mol. The van der Waals surface area contributed by atoms with Crippen LogP contribution in [-0.2, 0) is 9.59 Å². The van der Waals surface area contributed by atoms with E-state index in [4.69, 9.17) is 23.1 Å². The molecule has 1 aromatic rings. The van der Waals surface area contributed by atoms with E-state index in [1.54, 1.807) is 0 Å². The van der Waals surface area contributed by atoms with Crippen molar-refractivity contribution in [3.63, 3.8) is 0 Å². The van der Waals surface area contributed by atoms with Crippen molar-refractivity contribution in [1.82, 2.24) is 5.32 Å². The summed E-state index contributed by atoms with van der Waals surface area (Å²) in [5.41, 5.74) is 10.7. The average molecular weight is 412 g/mol. The largest absolute Gasteiger partial charge is 0.370 e. The normalized spacial score (nSPS) is 19.6. The van der Waals surface area contributed by atoms with Crippen molar-refractivity contribution in [3.05, 3.63) is 29.0 Å². The lowest BCUT2D eigenvalue weighted by atomic mass is 9.77. The molecule has 7 nitrogen and oxygen atoms in total. The van der Waals surface area contributed by atoms with Crippen molar-refractivity contribution in [2.75, 3.05) is 5.32 Å². The molecule has 0 saturated heterocycles. The maximum atomic E-state index is 13.5. The molecule has 0 bridgehead atoms. The molecule has 6 N–H and O–H groups in total. The van der Waals surface area contributed by atoms with E-state index in [0.717, 1.165) is 31.7 Å². The van der Waals surface area contributed by atoms with Gasteiger partial charge in [0.2, 0.25) is 0 Å². The molecular formula is C19H27ClFN5O2. The first-order valence-corrected chi connectivity index (χ1v) is 9.63. The molecule has 0 aliphatic heterocycles. The SMILES string of the molecule is CC(C)(CC1CCCCC1NC(=O)C(=O)Nc1ccc(Cl)c(F)c1)N=C(N)N. The predicted octanol–water partition coefficient (Wildman–Crippen LogP) is 2.53. The average Bonchev–Trinajstić information content (AvgIpc) is 2.58. The summed E-state index contributed by atoms with van der Waals surface area (Å²) in [7, 11) is 0. The molecular weight excluding hydrogens is 385 g/mol. The van der Waals surface area contributed by atoms with Crippen LogP contribution in [0.5, 0.6) is 0 Å². The number of carbonyl (C=O) groups excluding carboxylic acids is 2. The predicted molar refractivity (Wildman–Crippen MR) is 108 cm³/mol. The van der Waals surface area contributed by atoms with Gasteiger partial charge < -0.3 is 22.1 Å². The van der Waals surface area contributed by atoms with Crippen molar-refractivity contribution >= 4 is 35.1 Å². The van der Waals surface area contributed by atoms with Gasteiger partial charge in [0.05, 0.1) is 10.6 Å². The smallest absolute Gasteiger partial charge is 0.313 e. The van der Waals surface area contributed by atoms with Gasteiger partial charge in [-0.2, -0.15) is 0 Å². The van der Waals surface area contributed by atoms with E-state index in [-0.39, 0.29) is 28.6 Å². The van der Waals surface area contributed by atoms with E-state index in [0.29, 0.717) is 6.42 Å². The number of hydrogen-bond acceptors (Lipinski definition) is 3. The Morgan fingerprint density at radius 1 is 1.25 bits per heavy atom. The number of amides is 2. The van der Waals surface area contributed by atoms with Gasteiger partial charge in [0, 0.05) is 11.7 Å². The molecule has 2 amide bonds. The molecule has 2 atom stereocenters. The highest BCUT2D eigenvalue weighted by Gasteiger charge is 2.33. The Hall–Kier alpha value is -2.35. The highest BCUT2D eigenvalue weighted by Crippen LogP contribution is 2.32. The second-order valence-corrected chi connectivity index (χ2v) is 8.17. The van der Waals surface area contributed by atoms with Crippen LogP contribution in [0.15, 0.2) is 23.2 Å². The number of nitrogens with two attached hydrogens (primary N) is 2. The zero-order valence-electron chi connectivity index (χ0n) is 16.1. The van der Waals surface area contributed by atoms with E-state index < -0.39 is 23.2 Å². The number of benzene rings is 1. The van der Waals surface area contributed by atoms with E-state index in [1.807, 2.05) is 13.8 Å². The molecule has 2 rings (SSSR count). The molecule has 0 aromatic heterocycles. The first kappa shape index (κ1) is 21.9. The van der Waals surface area contributed by atoms with Gasteiger partial charge in [-0.25, -0.2) is 9.38 Å². The highest BCUT2D eigenvalue weighted by atomic mass is 35.5. The Morgan fingerprint density at radius 3 is 2.57 bits per heavy atom. The summed E-state index contributed by atoms with van der Waals surface area (Å²) in [6, 6.07) is 3.65. The fourth-order valence-corrected chi connectivity index (χ4v) is 3.79. The Balaban J connectivity index is 2.00. The van der Waals surface area contributed by atoms with Gasteiger partial charge >= 0.3 is 11.8 Å². The first-order valence-electron chi connectivity index (χ1n) is 9.25. The molecule has 1 fully saturated rings. The number of halogens is 2. The number of nitrogens with zero attached hydrogens (tertiary/aromatic N) is 1. The van der Waals surface area contributed by atoms with Crippen molar-refractivity contribution in [2.45, 2.75) is 57.5 Å². The number of carbonyl (C=O) groups is 2. The quantitative estimate of drug-likeness (QED) is 0.337. The van der Waals surface area contributed by atoms with Crippen LogP contribution in [0.4, 0.5) is 10.1 Å². The third-order valence-corrected chi connectivity index (χ3v) is 5.11. The maximum absolute atomic E-state index is 13.5. The van der Waals surface area contributed by atoms with Crippen LogP contribution in [0.1, 0.15) is 46.0 Å². The number of nitrogens with one attached hydrogen (secondary N) is 2. The van der Waals surface area contributed by atoms with Crippen LogP contribution in [-0.4, -0.2) is 29.4 Å². The lowest BCUT2D eigenvalue weighted by Gasteiger charge is -2.36. The Morgan fingerprint density at radius 2 is 1.93 bits per heavy atom. The Labute approximate surface area is 169 Å². The van der Waals surface area contributed by atoms with Gasteiger partial charge in [-0.3, -0.25) is 9.59 Å². The molecule has 9 heteroatoms. The van der Waals surface area contributed by atoms with E-state index in [9.17, 15) is 14.0 Å². The highest BCUT2D eigenvalue weighted by molar-refractivity contribution is 6.39. The summed E-state index contributed by atoms with van der Waals surface area (Å²) >= 11 is 5.62. The van der Waals surface area contributed by atoms with Crippen LogP contribution in [0.3, 0.4) is 0 Å². The lowest BCUT2D eigenvalue weighted by molar-refractivity contribution is -0.137. The van der Waals surface area contributed by atoms with Crippen molar-refractivity contribution in [2.24, 2.45) is 22.4 Å². The minimum absolute atomic E-state index is 0.0240. The third-order valence-electron chi connectivity index (χ3n) is 4.80. The van der Waals surface area contributed by atoms with E-state index >= 15 is 0 Å². The molecule has 0 radical (unpaired) electrons. The summed E-state index contributed by atoms with van der Waals surface area (Å²) in [4.78, 5) is 28.8. The molecule has 2 unspecified atom stereocenters. The summed E-state index contributed by atoms with van der Waals surface area (Å²) < 4.78 is 13.5. The minimum Gasteiger partial charge on any atom is -0.370 e. The van der Waals surface area contributed by atoms with Crippen LogP contribution >= 0.6 is 11.6 Å². The van der Waals surface area contributed by atoms with E-state index in [1.165, 1.54) is 12.1 Å². The standard InChI is InChI=1S/C19H27ClFN5O2/c1-19(2,26-18(22)23)10-11-5-3-4-6-15(11)25-17(28)16(27)24-12-7-8-13(20)14(21)9-12/h7-9,11,15H,3-6,10H2,1-2H3,(H,24,27)(H,25,28)(H4,22,23,26). The van der Waals surface area contributed by atoms with Gasteiger partial charge in [-0.15, -0.1) is 0 Å². The Bertz CT molecular complexity index is 765. The topological polar surface area (TPSA) is 123 Å². The number of aliphatic imine (C=N–C) groups is 1. The molecule has 154 valence electrons. The van der Waals surface area contributed by atoms with Crippen molar-refractivity contribution in [1.29, 1.82) is 0 Å². The summed E-state index contributed by atoms with van der Waals surface area (Å²) in [5, 5.41) is 5.13. The van der Waals surface area contributed by atoms with Crippen LogP contribution < -0.4 is 22.1 Å². The summed E-state index contributed by atoms with van der Waals surface area (Å²) in [6.07, 6.45) is 4.38. The molecule has 1 aromatic carbocycles. The molecule has 0 heterocycles. The zero-order valence-corrected chi connectivity index (χ0v) is 16.9. The van der Waals surface area contributed by atoms with Crippen LogP contribution in [0.25, 0.3) is 0 Å². The fraction of sp³-hybridized carbons (Fsp3) is 0.526. The number of hydrogen-bond donors (Lipinski definition) is 4. The van der Waals surface area contributed by atoms with Gasteiger partial charge in [0.15, 0.2) is 5.96 Å². The molecule has 28 heavy (non-hydrogen) atoms. The summed E-state index contributed by atoms with van der Waals surface area (Å²) in [6.45, 7) is 3.87. The Kier molecular flexibility index (Phi) is 7.23. The second kappa shape index (κ2) is 9.23. The van der Waals surface area contributed by atoms with Gasteiger partial charge in [-0.1, -0.05) is 24.4 Å². The van der Waals surface area contributed by atoms with Crippen molar-refractivity contribution in [3.8, 4) is 0 Å². The fourth-order valence-electron chi connectivity index (χ4n) is 3.67. The molecule has 0 spiro atoms. The van der Waals surface area contributed by atoms with Gasteiger partial charge in [0.25, 0.3) is 0 Å². The van der Waals surface area contributed by atoms with E-state index in [2.05, 4.69) is 15.6 Å². The zero-order chi connectivity index (χ0) is 20.9. The third kappa shape index (κ3) is 6.37. The van der Waals surface area contributed by atoms with Crippen molar-refractivity contribution < 1.29 is 14.0 Å². The molecule has 1 aliphatic carbocycles. The van der Waals surface area contributed by atoms with Crippen LogP contribution in [0.2, 0.25) is 5.02 Å². The number of guanidine groups is 1. The number of rotatable bonds is 5. The maximum Gasteiger partial charge on any atom is 0.313 e. The summed E-state index contributed by atoms with van der Waals surface area (Å²) in [5.74, 6) is -2.11. The minimum atomic E-state index is -0.852. The van der Waals surface area contributed by atoms with Gasteiger partial charge in [-0.05, 0) is 57.2 Å². The lowest BCUT2D eigenvalue weighted by Crippen LogP contribution is -2.48. The first-order chi connectivity index (χ1) is 13.1. The number of anilines is 1. The van der Waals surface area contributed by atoms with Crippen LogP contribution in [0, 0.1) is 11.7 Å². The second-order valence-electron chi connectivity index (χ2n) is 7.76. The molecule has 1 saturated carbocycles. The van der Waals surface area contributed by atoms with Gasteiger partial charge in [0.1, 0.15) is 5.82 Å². The molecule has 1 aliphatic rings.